The molecule has 28 heavy (non-hydrogen) atoms. The van der Waals surface area contributed by atoms with Crippen LogP contribution in [0.25, 0.3) is 10.2 Å². The number of hydrogen-bond donors (Lipinski definition) is 1. The molecule has 0 saturated heterocycles. The number of benzene rings is 2. The maximum atomic E-state index is 12.2. The highest BCUT2D eigenvalue weighted by Gasteiger charge is 2.07. The summed E-state index contributed by atoms with van der Waals surface area (Å²) >= 11 is 1.72. The number of aromatic nitrogens is 1. The van der Waals surface area contributed by atoms with Crippen molar-refractivity contribution in [3.8, 4) is 0 Å². The van der Waals surface area contributed by atoms with Gasteiger partial charge >= 0.3 is 0 Å². The number of carbonyl (C=O) groups is 1. The fourth-order valence-electron chi connectivity index (χ4n) is 3.26. The Balaban J connectivity index is 1.42. The Kier molecular flexibility index (Phi) is 7.57. The Morgan fingerprint density at radius 3 is 2.64 bits per heavy atom. The minimum Gasteiger partial charge on any atom is -0.352 e. The lowest BCUT2D eigenvalue weighted by Crippen LogP contribution is -2.23. The van der Waals surface area contributed by atoms with Crippen LogP contribution in [0.3, 0.4) is 0 Å². The lowest BCUT2D eigenvalue weighted by molar-refractivity contribution is -0.121. The molecule has 3 aromatic rings. The molecule has 0 aliphatic carbocycles. The number of fused-ring (bicyclic) bond motifs is 1. The van der Waals surface area contributed by atoms with E-state index < -0.39 is 0 Å². The van der Waals surface area contributed by atoms with Gasteiger partial charge in [-0.1, -0.05) is 50.2 Å². The number of aryl methyl sites for hydroxylation is 1. The number of nitrogens with one attached hydrogen (secondary N) is 1. The molecule has 0 aliphatic rings. The summed E-state index contributed by atoms with van der Waals surface area (Å²) in [5.41, 5.74) is 3.51. The second-order valence-corrected chi connectivity index (χ2v) is 8.10. The van der Waals surface area contributed by atoms with Gasteiger partial charge in [0.2, 0.25) is 5.91 Å². The molecule has 1 amide bonds. The monoisotopic (exact) mass is 395 g/mol. The van der Waals surface area contributed by atoms with Crippen molar-refractivity contribution >= 4 is 27.5 Å². The van der Waals surface area contributed by atoms with Crippen LogP contribution in [-0.4, -0.2) is 28.9 Å². The molecule has 4 nitrogen and oxygen atoms in total. The van der Waals surface area contributed by atoms with Crippen LogP contribution in [0, 0.1) is 0 Å². The van der Waals surface area contributed by atoms with E-state index in [1.54, 1.807) is 11.3 Å². The molecule has 0 aliphatic heterocycles. The number of thiazole rings is 1. The minimum atomic E-state index is 0.107. The molecular weight excluding hydrogens is 366 g/mol. The van der Waals surface area contributed by atoms with Gasteiger partial charge in [0, 0.05) is 19.5 Å². The predicted molar refractivity (Wildman–Crippen MR) is 117 cm³/mol. The SMILES string of the molecule is CCN(CC)Cc1cccc(CNC(=O)CCCc2nc3ccccc3s2)c1. The van der Waals surface area contributed by atoms with Crippen molar-refractivity contribution in [1.29, 1.82) is 0 Å². The Hall–Kier alpha value is -2.24. The summed E-state index contributed by atoms with van der Waals surface area (Å²) in [5.74, 6) is 0.107. The van der Waals surface area contributed by atoms with Crippen LogP contribution in [0.4, 0.5) is 0 Å². The van der Waals surface area contributed by atoms with Crippen molar-refractivity contribution < 1.29 is 4.79 Å². The van der Waals surface area contributed by atoms with Crippen LogP contribution in [0.2, 0.25) is 0 Å². The average molecular weight is 396 g/mol. The highest BCUT2D eigenvalue weighted by molar-refractivity contribution is 7.18. The molecule has 0 unspecified atom stereocenters. The molecule has 5 heteroatoms. The van der Waals surface area contributed by atoms with Crippen LogP contribution in [-0.2, 0) is 24.3 Å². The Labute approximate surface area is 171 Å². The minimum absolute atomic E-state index is 0.107. The fourth-order valence-corrected chi connectivity index (χ4v) is 4.27. The molecule has 2 aromatic carbocycles. The van der Waals surface area contributed by atoms with E-state index in [-0.39, 0.29) is 5.91 Å². The lowest BCUT2D eigenvalue weighted by Gasteiger charge is -2.18. The van der Waals surface area contributed by atoms with Crippen LogP contribution < -0.4 is 5.32 Å². The number of carbonyl (C=O) groups excluding carboxylic acids is 1. The normalized spacial score (nSPS) is 11.2. The highest BCUT2D eigenvalue weighted by atomic mass is 32.1. The topological polar surface area (TPSA) is 45.2 Å². The van der Waals surface area contributed by atoms with Gasteiger partial charge in [0.15, 0.2) is 0 Å². The van der Waals surface area contributed by atoms with Gasteiger partial charge in [0.1, 0.15) is 0 Å². The summed E-state index contributed by atoms with van der Waals surface area (Å²) in [6.45, 7) is 8.01. The molecule has 0 fully saturated rings. The van der Waals surface area contributed by atoms with E-state index in [9.17, 15) is 4.79 Å². The van der Waals surface area contributed by atoms with Gasteiger partial charge in [0.25, 0.3) is 0 Å². The van der Waals surface area contributed by atoms with Gasteiger partial charge in [-0.2, -0.15) is 0 Å². The van der Waals surface area contributed by atoms with Crippen molar-refractivity contribution in [2.24, 2.45) is 0 Å². The first kappa shape index (κ1) is 20.5. The van der Waals surface area contributed by atoms with E-state index >= 15 is 0 Å². The third kappa shape index (κ3) is 5.88. The summed E-state index contributed by atoms with van der Waals surface area (Å²) in [6, 6.07) is 16.7. The number of nitrogens with zero attached hydrogens (tertiary/aromatic N) is 2. The standard InChI is InChI=1S/C23H29N3OS/c1-3-26(4-2)17-19-10-7-9-18(15-19)16-24-22(27)13-8-14-23-25-20-11-5-6-12-21(20)28-23/h5-7,9-12,15H,3-4,8,13-14,16-17H2,1-2H3,(H,24,27). The largest absolute Gasteiger partial charge is 0.352 e. The fraction of sp³-hybridized carbons (Fsp3) is 0.391. The second kappa shape index (κ2) is 10.3. The van der Waals surface area contributed by atoms with Gasteiger partial charge in [0.05, 0.1) is 15.2 Å². The quantitative estimate of drug-likeness (QED) is 0.537. The maximum absolute atomic E-state index is 12.2. The second-order valence-electron chi connectivity index (χ2n) is 6.99. The summed E-state index contributed by atoms with van der Waals surface area (Å²) < 4.78 is 1.21. The smallest absolute Gasteiger partial charge is 0.220 e. The molecule has 0 atom stereocenters. The first-order valence-electron chi connectivity index (χ1n) is 10.1. The summed E-state index contributed by atoms with van der Waals surface area (Å²) in [7, 11) is 0. The van der Waals surface area contributed by atoms with Crippen LogP contribution in [0.5, 0.6) is 0 Å². The van der Waals surface area contributed by atoms with Gasteiger partial charge < -0.3 is 5.32 Å². The van der Waals surface area contributed by atoms with Gasteiger partial charge in [-0.15, -0.1) is 11.3 Å². The maximum Gasteiger partial charge on any atom is 0.220 e. The molecule has 3 rings (SSSR count). The molecule has 1 N–H and O–H groups in total. The van der Waals surface area contributed by atoms with Crippen molar-refractivity contribution in [3.63, 3.8) is 0 Å². The van der Waals surface area contributed by atoms with Gasteiger partial charge in [-0.3, -0.25) is 9.69 Å². The van der Waals surface area contributed by atoms with E-state index in [4.69, 9.17) is 0 Å². The predicted octanol–water partition coefficient (Wildman–Crippen LogP) is 4.78. The third-order valence-electron chi connectivity index (χ3n) is 4.91. The Morgan fingerprint density at radius 1 is 1.07 bits per heavy atom. The van der Waals surface area contributed by atoms with Gasteiger partial charge in [-0.05, 0) is 49.2 Å². The van der Waals surface area contributed by atoms with E-state index in [2.05, 4.69) is 59.4 Å². The van der Waals surface area contributed by atoms with Crippen molar-refractivity contribution in [2.45, 2.75) is 46.2 Å². The Bertz CT molecular complexity index is 869. The number of para-hydroxylation sites is 1. The summed E-state index contributed by atoms with van der Waals surface area (Å²) in [6.07, 6.45) is 2.22. The summed E-state index contributed by atoms with van der Waals surface area (Å²) in [4.78, 5) is 19.2. The molecule has 0 saturated carbocycles. The Morgan fingerprint density at radius 2 is 1.86 bits per heavy atom. The van der Waals surface area contributed by atoms with E-state index in [0.717, 1.165) is 48.6 Å². The molecule has 1 heterocycles. The third-order valence-corrected chi connectivity index (χ3v) is 6.01. The zero-order valence-corrected chi connectivity index (χ0v) is 17.6. The van der Waals surface area contributed by atoms with Crippen LogP contribution >= 0.6 is 11.3 Å². The van der Waals surface area contributed by atoms with Crippen LogP contribution in [0.15, 0.2) is 48.5 Å². The summed E-state index contributed by atoms with van der Waals surface area (Å²) in [5, 5.41) is 4.16. The van der Waals surface area contributed by atoms with Gasteiger partial charge in [-0.25, -0.2) is 4.98 Å². The first-order chi connectivity index (χ1) is 13.7. The lowest BCUT2D eigenvalue weighted by atomic mass is 10.1. The number of rotatable bonds is 10. The zero-order valence-electron chi connectivity index (χ0n) is 16.8. The molecule has 0 spiro atoms. The molecular formula is C23H29N3OS. The van der Waals surface area contributed by atoms with Crippen molar-refractivity contribution in [2.75, 3.05) is 13.1 Å². The van der Waals surface area contributed by atoms with Crippen molar-refractivity contribution in [3.05, 3.63) is 64.7 Å². The zero-order chi connectivity index (χ0) is 19.8. The van der Waals surface area contributed by atoms with Crippen LogP contribution in [0.1, 0.15) is 42.8 Å². The number of hydrogen-bond acceptors (Lipinski definition) is 4. The number of amides is 1. The average Bonchev–Trinajstić information content (AvgIpc) is 3.13. The van der Waals surface area contributed by atoms with E-state index in [0.29, 0.717) is 13.0 Å². The molecule has 0 radical (unpaired) electrons. The molecule has 0 bridgehead atoms. The van der Waals surface area contributed by atoms with Crippen molar-refractivity contribution in [1.82, 2.24) is 15.2 Å². The molecule has 1 aromatic heterocycles. The first-order valence-corrected chi connectivity index (χ1v) is 10.9. The van der Waals surface area contributed by atoms with E-state index in [1.165, 1.54) is 10.3 Å². The highest BCUT2D eigenvalue weighted by Crippen LogP contribution is 2.22. The van der Waals surface area contributed by atoms with E-state index in [1.807, 2.05) is 18.2 Å². The molecule has 148 valence electrons.